The summed E-state index contributed by atoms with van der Waals surface area (Å²) in [5.41, 5.74) is 9.69. The Morgan fingerprint density at radius 1 is 1.03 bits per heavy atom. The quantitative estimate of drug-likeness (QED) is 0.547. The summed E-state index contributed by atoms with van der Waals surface area (Å²) < 4.78 is 7.91. The van der Waals surface area contributed by atoms with Crippen molar-refractivity contribution >= 4 is 21.6 Å². The first kappa shape index (κ1) is 21.0. The van der Waals surface area contributed by atoms with Crippen molar-refractivity contribution in [1.29, 1.82) is 0 Å². The number of rotatable bonds is 3. The molecular formula is C28H29BrN3O+. The van der Waals surface area contributed by atoms with Crippen LogP contribution in [0.2, 0.25) is 0 Å². The van der Waals surface area contributed by atoms with E-state index in [1.165, 1.54) is 22.3 Å². The van der Waals surface area contributed by atoms with Crippen molar-refractivity contribution in [3.63, 3.8) is 0 Å². The Labute approximate surface area is 204 Å². The van der Waals surface area contributed by atoms with E-state index in [1.807, 2.05) is 0 Å². The van der Waals surface area contributed by atoms with Gasteiger partial charge in [0.25, 0.3) is 0 Å². The molecule has 1 fully saturated rings. The van der Waals surface area contributed by atoms with E-state index in [1.54, 1.807) is 4.90 Å². The fourth-order valence-corrected chi connectivity index (χ4v) is 5.82. The number of quaternary nitrogens is 1. The summed E-state index contributed by atoms with van der Waals surface area (Å²) >= 11 is 3.66. The summed E-state index contributed by atoms with van der Waals surface area (Å²) in [5, 5.41) is 2.39. The number of benzene rings is 3. The second-order valence-electron chi connectivity index (χ2n) is 9.52. The van der Waals surface area contributed by atoms with Gasteiger partial charge >= 0.3 is 0 Å². The lowest BCUT2D eigenvalue weighted by molar-refractivity contribution is -0.921. The predicted octanol–water partition coefficient (Wildman–Crippen LogP) is 4.63. The summed E-state index contributed by atoms with van der Waals surface area (Å²) in [6, 6.07) is 26.2. The van der Waals surface area contributed by atoms with Crippen LogP contribution in [0.3, 0.4) is 0 Å². The minimum atomic E-state index is -0.339. The summed E-state index contributed by atoms with van der Waals surface area (Å²) in [7, 11) is 0. The van der Waals surface area contributed by atoms with Gasteiger partial charge in [-0.1, -0.05) is 76.1 Å². The number of hydrogen-bond acceptors (Lipinski definition) is 3. The van der Waals surface area contributed by atoms with Gasteiger partial charge in [-0.2, -0.15) is 5.01 Å². The fraction of sp³-hybridized carbons (Fsp3) is 0.286. The van der Waals surface area contributed by atoms with Crippen molar-refractivity contribution in [3.8, 4) is 5.75 Å². The zero-order chi connectivity index (χ0) is 22.4. The molecule has 33 heavy (non-hydrogen) atoms. The lowest BCUT2D eigenvalue weighted by Gasteiger charge is -2.50. The first-order valence-electron chi connectivity index (χ1n) is 11.8. The Hall–Kier alpha value is -2.60. The van der Waals surface area contributed by atoms with E-state index in [2.05, 4.69) is 112 Å². The van der Waals surface area contributed by atoms with E-state index in [-0.39, 0.29) is 11.8 Å². The molecule has 3 aliphatic rings. The maximum Gasteiger partial charge on any atom is 0.191 e. The predicted molar refractivity (Wildman–Crippen MR) is 134 cm³/mol. The number of aryl methyl sites for hydroxylation is 1. The fourth-order valence-electron chi connectivity index (χ4n) is 5.44. The molecule has 168 valence electrons. The second kappa shape index (κ2) is 8.32. The Kier molecular flexibility index (Phi) is 5.28. The van der Waals surface area contributed by atoms with Crippen LogP contribution in [-0.2, 0) is 6.54 Å². The second-order valence-corrected chi connectivity index (χ2v) is 10.4. The van der Waals surface area contributed by atoms with E-state index in [0.29, 0.717) is 0 Å². The van der Waals surface area contributed by atoms with E-state index in [4.69, 9.17) is 4.74 Å². The van der Waals surface area contributed by atoms with Gasteiger partial charge in [0.2, 0.25) is 0 Å². The molecule has 0 aromatic heterocycles. The van der Waals surface area contributed by atoms with Crippen LogP contribution in [0, 0.1) is 6.92 Å². The number of likely N-dealkylation sites (tertiary alicyclic amines) is 1. The van der Waals surface area contributed by atoms with Gasteiger partial charge < -0.3 is 15.1 Å². The molecule has 3 heterocycles. The first-order valence-corrected chi connectivity index (χ1v) is 12.6. The molecule has 0 saturated carbocycles. The molecule has 0 amide bonds. The van der Waals surface area contributed by atoms with Gasteiger partial charge in [-0.05, 0) is 36.8 Å². The zero-order valence-electron chi connectivity index (χ0n) is 18.9. The van der Waals surface area contributed by atoms with Crippen molar-refractivity contribution < 1.29 is 9.64 Å². The highest BCUT2D eigenvalue weighted by molar-refractivity contribution is 9.10. The van der Waals surface area contributed by atoms with Crippen LogP contribution in [0.15, 0.2) is 83.3 Å². The summed E-state index contributed by atoms with van der Waals surface area (Å²) in [5.74, 6) is 1.01. The van der Waals surface area contributed by atoms with Crippen LogP contribution in [0.5, 0.6) is 5.75 Å². The molecule has 2 N–H and O–H groups in total. The summed E-state index contributed by atoms with van der Waals surface area (Å²) in [6.45, 7) is 5.38. The van der Waals surface area contributed by atoms with Crippen LogP contribution in [0.4, 0.5) is 0 Å². The van der Waals surface area contributed by atoms with Crippen molar-refractivity contribution in [3.05, 3.63) is 106 Å². The van der Waals surface area contributed by atoms with E-state index in [0.717, 1.165) is 48.4 Å². The number of fused-ring (bicyclic) bond motifs is 4. The smallest absolute Gasteiger partial charge is 0.191 e. The van der Waals surface area contributed by atoms with Crippen LogP contribution in [0.1, 0.15) is 41.1 Å². The van der Waals surface area contributed by atoms with E-state index < -0.39 is 0 Å². The van der Waals surface area contributed by atoms with E-state index in [9.17, 15) is 0 Å². The molecule has 1 unspecified atom stereocenters. The van der Waals surface area contributed by atoms with Gasteiger partial charge in [-0.3, -0.25) is 0 Å². The maximum atomic E-state index is 6.83. The van der Waals surface area contributed by atoms with Crippen molar-refractivity contribution in [2.75, 3.05) is 13.1 Å². The van der Waals surface area contributed by atoms with Crippen LogP contribution in [-0.4, -0.2) is 23.8 Å². The summed E-state index contributed by atoms with van der Waals surface area (Å²) in [6.07, 6.45) is 4.34. The van der Waals surface area contributed by atoms with Gasteiger partial charge in [0.15, 0.2) is 5.72 Å². The topological polar surface area (TPSA) is 28.9 Å². The highest BCUT2D eigenvalue weighted by atomic mass is 79.9. The van der Waals surface area contributed by atoms with Crippen molar-refractivity contribution in [2.45, 2.75) is 38.1 Å². The van der Waals surface area contributed by atoms with E-state index >= 15 is 0 Å². The van der Waals surface area contributed by atoms with Gasteiger partial charge in [-0.15, -0.1) is 0 Å². The summed E-state index contributed by atoms with van der Waals surface area (Å²) in [4.78, 5) is 1.62. The molecule has 6 rings (SSSR count). The van der Waals surface area contributed by atoms with Crippen LogP contribution in [0.25, 0.3) is 5.70 Å². The molecule has 3 aromatic rings. The van der Waals surface area contributed by atoms with Gasteiger partial charge in [0, 0.05) is 15.6 Å². The number of ether oxygens (including phenoxy) is 1. The largest absolute Gasteiger partial charge is 0.470 e. The molecule has 0 bridgehead atoms. The van der Waals surface area contributed by atoms with Gasteiger partial charge in [-0.25, -0.2) is 0 Å². The van der Waals surface area contributed by atoms with Gasteiger partial charge in [0.05, 0.1) is 37.7 Å². The third kappa shape index (κ3) is 3.88. The zero-order valence-corrected chi connectivity index (χ0v) is 20.4. The Morgan fingerprint density at radius 2 is 1.79 bits per heavy atom. The SMILES string of the molecule is Cc1ccc(C2=CC3c4cc(Br)ccc4OC4(CC[NH+](Cc5ccccc5)CC4)N3N2)cc1. The minimum Gasteiger partial charge on any atom is -0.470 e. The third-order valence-electron chi connectivity index (χ3n) is 7.27. The molecule has 5 heteroatoms. The molecule has 3 aliphatic heterocycles. The standard InChI is InChI=1S/C28H28BrN3O/c1-20-7-9-22(10-8-20)25-18-26-24-17-23(29)11-12-27(24)33-28(32(26)30-25)13-15-31(16-14-28)19-21-5-3-2-4-6-21/h2-12,17-18,26,30H,13-16,19H2,1H3/p+1. The molecule has 1 atom stereocenters. The highest BCUT2D eigenvalue weighted by Gasteiger charge is 2.52. The van der Waals surface area contributed by atoms with Crippen molar-refractivity contribution in [2.24, 2.45) is 0 Å². The Bertz CT molecular complexity index is 1180. The number of nitrogens with one attached hydrogen (secondary N) is 2. The normalized spacial score (nSPS) is 26.2. The van der Waals surface area contributed by atoms with Crippen LogP contribution >= 0.6 is 15.9 Å². The molecule has 4 nitrogen and oxygen atoms in total. The van der Waals surface area contributed by atoms with Gasteiger partial charge in [0.1, 0.15) is 12.3 Å². The highest BCUT2D eigenvalue weighted by Crippen LogP contribution is 2.48. The molecule has 1 spiro atoms. The number of hydrogen-bond donors (Lipinski definition) is 2. The number of hydrazine groups is 1. The molecule has 0 aliphatic carbocycles. The maximum absolute atomic E-state index is 6.83. The number of halogens is 1. The third-order valence-corrected chi connectivity index (χ3v) is 7.76. The molecule has 1 saturated heterocycles. The average molecular weight is 503 g/mol. The van der Waals surface area contributed by atoms with Crippen LogP contribution < -0.4 is 15.1 Å². The molecular weight excluding hydrogens is 474 g/mol. The Balaban J connectivity index is 1.29. The molecule has 0 radical (unpaired) electrons. The number of piperidine rings is 1. The van der Waals surface area contributed by atoms with Crippen molar-refractivity contribution in [1.82, 2.24) is 10.4 Å². The first-order chi connectivity index (χ1) is 16.1. The lowest BCUT2D eigenvalue weighted by atomic mass is 9.92. The number of nitrogens with zero attached hydrogens (tertiary/aromatic N) is 1. The molecule has 3 aromatic carbocycles. The Morgan fingerprint density at radius 3 is 2.55 bits per heavy atom. The lowest BCUT2D eigenvalue weighted by Crippen LogP contribution is -3.12. The monoisotopic (exact) mass is 502 g/mol. The average Bonchev–Trinajstić information content (AvgIpc) is 3.29. The minimum absolute atomic E-state index is 0.151.